The molecule has 0 rings (SSSR count). The molecule has 0 aliphatic heterocycles. The van der Waals surface area contributed by atoms with Crippen molar-refractivity contribution < 1.29 is 15.4 Å². The number of carboxylic acids is 1. The van der Waals surface area contributed by atoms with E-state index in [-0.39, 0.29) is 12.8 Å². The van der Waals surface area contributed by atoms with Crippen LogP contribution in [0.2, 0.25) is 0 Å². The molecule has 10 heavy (non-hydrogen) atoms. The SMILES string of the molecule is [2H][13C]([2H])([15NH2])[13C]([2H])([2H])C[13CH2][C@@H]([15NH2])C(=O)O. The van der Waals surface area contributed by atoms with E-state index in [1.54, 1.807) is 0 Å². The van der Waals surface area contributed by atoms with E-state index in [0.29, 0.717) is 0 Å². The van der Waals surface area contributed by atoms with E-state index < -0.39 is 24.9 Å². The zero-order chi connectivity index (χ0) is 11.6. The number of rotatable bonds is 5. The molecule has 0 spiro atoms. The van der Waals surface area contributed by atoms with Gasteiger partial charge in [-0.25, -0.2) is 0 Å². The minimum atomic E-state index is -2.49. The van der Waals surface area contributed by atoms with Gasteiger partial charge in [-0.3, -0.25) is 4.79 Å². The van der Waals surface area contributed by atoms with Crippen LogP contribution in [0.4, 0.5) is 0 Å². The average Bonchev–Trinajstić information content (AvgIpc) is 1.97. The molecule has 0 aliphatic carbocycles. The van der Waals surface area contributed by atoms with Crippen LogP contribution >= 0.6 is 0 Å². The molecule has 4 heteroatoms. The third-order valence-corrected chi connectivity index (χ3v) is 1.000. The number of carboxylic acid groups (broad SMARTS) is 1. The Morgan fingerprint density at radius 2 is 2.40 bits per heavy atom. The molecule has 0 saturated carbocycles. The van der Waals surface area contributed by atoms with E-state index in [0.717, 1.165) is 0 Å². The predicted octanol–water partition coefficient (Wildman–Crippen LogP) is -0.473. The molecule has 60 valence electrons. The lowest BCUT2D eigenvalue weighted by molar-refractivity contribution is -0.138. The van der Waals surface area contributed by atoms with Crippen molar-refractivity contribution in [1.29, 1.82) is 0 Å². The third-order valence-electron chi connectivity index (χ3n) is 1.000. The van der Waals surface area contributed by atoms with Crippen molar-refractivity contribution in [1.82, 2.24) is 0 Å². The second kappa shape index (κ2) is 5.20. The van der Waals surface area contributed by atoms with Crippen LogP contribution in [0.25, 0.3) is 0 Å². The Balaban J connectivity index is 4.20. The van der Waals surface area contributed by atoms with Gasteiger partial charge in [-0.15, -0.1) is 0 Å². The number of nitrogens with two attached hydrogens (primary N) is 2. The van der Waals surface area contributed by atoms with Crippen molar-refractivity contribution in [2.24, 2.45) is 11.5 Å². The summed E-state index contributed by atoms with van der Waals surface area (Å²) in [4.78, 5) is 10.3. The molecule has 1 atom stereocenters. The summed E-state index contributed by atoms with van der Waals surface area (Å²) in [5.41, 5.74) is 10.1. The number of carbonyl (C=O) groups is 1. The smallest absolute Gasteiger partial charge is 0.320 e. The third kappa shape index (κ3) is 4.29. The summed E-state index contributed by atoms with van der Waals surface area (Å²) in [5, 5.41) is 8.41. The van der Waals surface area contributed by atoms with Gasteiger partial charge in [0.15, 0.2) is 0 Å². The van der Waals surface area contributed by atoms with E-state index >= 15 is 0 Å². The Hall–Kier alpha value is -0.610. The number of hydrogen-bond donors (Lipinski definition) is 3. The van der Waals surface area contributed by atoms with Gasteiger partial charge < -0.3 is 16.6 Å². The lowest BCUT2D eigenvalue weighted by Gasteiger charge is -2.03. The fraction of sp³-hybridized carbons (Fsp3) is 0.833. The first-order chi connectivity index (χ1) is 6.08. The molecule has 0 unspecified atom stereocenters. The number of hydrogen-bond acceptors (Lipinski definition) is 3. The minimum absolute atomic E-state index is 0.154. The van der Waals surface area contributed by atoms with Crippen molar-refractivity contribution in [3.05, 3.63) is 0 Å². The van der Waals surface area contributed by atoms with Crippen molar-refractivity contribution in [2.75, 3.05) is 6.50 Å². The average molecular weight is 155 g/mol. The summed E-state index contributed by atoms with van der Waals surface area (Å²) in [6.45, 7) is -2.49. The molecule has 0 bridgehead atoms. The normalized spacial score (nSPS) is 21.8. The summed E-state index contributed by atoms with van der Waals surface area (Å²) in [5.74, 6) is -1.24. The standard InChI is InChI=1S/C6H14N2O2/c7-4-2-1-3-5(8)6(9)10/h5H,1-4,7-8H2,(H,9,10)/t5-/m1/s1/i2+1D2,3+1,4+1D2,7+1,8+1. The summed E-state index contributed by atoms with van der Waals surface area (Å²) in [7, 11) is 0. The summed E-state index contributed by atoms with van der Waals surface area (Å²) < 4.78 is 28.4. The van der Waals surface area contributed by atoms with Crippen LogP contribution in [0.5, 0.6) is 0 Å². The molecular weight excluding hydrogens is 137 g/mol. The molecule has 0 saturated heterocycles. The quantitative estimate of drug-likeness (QED) is 0.370. The van der Waals surface area contributed by atoms with Gasteiger partial charge in [-0.1, -0.05) is 6.42 Å². The first kappa shape index (κ1) is 4.31. The first-order valence-corrected chi connectivity index (χ1v) is 2.85. The Morgan fingerprint density at radius 3 is 2.80 bits per heavy atom. The first-order valence-electron chi connectivity index (χ1n) is 4.85. The highest BCUT2D eigenvalue weighted by Gasteiger charge is 2.09. The minimum Gasteiger partial charge on any atom is -0.480 e. The van der Waals surface area contributed by atoms with Crippen LogP contribution in [-0.2, 0) is 4.79 Å². The number of aliphatic carboxylic acids is 1. The highest BCUT2D eigenvalue weighted by molar-refractivity contribution is 5.72. The van der Waals surface area contributed by atoms with E-state index in [9.17, 15) is 4.79 Å². The van der Waals surface area contributed by atoms with Gasteiger partial charge in [-0.2, -0.15) is 0 Å². The van der Waals surface area contributed by atoms with Crippen LogP contribution in [0.1, 0.15) is 24.7 Å². The van der Waals surface area contributed by atoms with Crippen molar-refractivity contribution in [2.45, 2.75) is 25.3 Å². The van der Waals surface area contributed by atoms with Crippen LogP contribution < -0.4 is 11.5 Å². The van der Waals surface area contributed by atoms with Gasteiger partial charge in [0.2, 0.25) is 0 Å². The summed E-state index contributed by atoms with van der Waals surface area (Å²) in [6.07, 6.45) is -2.76. The second-order valence-corrected chi connectivity index (χ2v) is 1.80. The fourth-order valence-electron chi connectivity index (χ4n) is 0.423. The molecular formula is C6H14N2O2. The molecule has 0 aromatic rings. The maximum atomic E-state index is 10.3. The summed E-state index contributed by atoms with van der Waals surface area (Å²) in [6, 6.07) is -1.19. The van der Waals surface area contributed by atoms with E-state index in [2.05, 4.69) is 0 Å². The second-order valence-electron chi connectivity index (χ2n) is 1.80. The van der Waals surface area contributed by atoms with Crippen molar-refractivity contribution >= 4 is 5.97 Å². The molecule has 0 aliphatic rings. The van der Waals surface area contributed by atoms with Gasteiger partial charge in [0.05, 0.1) is 0 Å². The van der Waals surface area contributed by atoms with Crippen LogP contribution in [0.3, 0.4) is 0 Å². The topological polar surface area (TPSA) is 89.3 Å². The van der Waals surface area contributed by atoms with Crippen molar-refractivity contribution in [3.63, 3.8) is 0 Å². The monoisotopic (exact) mass is 155 g/mol. The summed E-state index contributed by atoms with van der Waals surface area (Å²) >= 11 is 0. The van der Waals surface area contributed by atoms with E-state index in [1.807, 2.05) is 0 Å². The van der Waals surface area contributed by atoms with E-state index in [4.69, 9.17) is 22.1 Å². The molecule has 0 fully saturated rings. The largest absolute Gasteiger partial charge is 0.480 e. The van der Waals surface area contributed by atoms with Gasteiger partial charge in [-0.05, 0) is 19.3 Å². The van der Waals surface area contributed by atoms with E-state index in [1.165, 1.54) is 0 Å². The van der Waals surface area contributed by atoms with Crippen LogP contribution in [-0.4, -0.2) is 23.6 Å². The maximum absolute atomic E-state index is 10.3. The Morgan fingerprint density at radius 1 is 1.80 bits per heavy atom. The highest BCUT2D eigenvalue weighted by atomic mass is 16.4. The molecule has 0 amide bonds. The lowest BCUT2D eigenvalue weighted by Crippen LogP contribution is -2.29. The Labute approximate surface area is 65.8 Å². The molecule has 5 N–H and O–H groups in total. The van der Waals surface area contributed by atoms with Crippen LogP contribution in [0.15, 0.2) is 0 Å². The maximum Gasteiger partial charge on any atom is 0.320 e. The van der Waals surface area contributed by atoms with Crippen LogP contribution in [0, 0.1) is 0 Å². The molecule has 0 radical (unpaired) electrons. The Bertz CT molecular complexity index is 216. The molecule has 0 aromatic heterocycles. The van der Waals surface area contributed by atoms with Gasteiger partial charge in [0.25, 0.3) is 0 Å². The predicted molar refractivity (Wildman–Crippen MR) is 38.5 cm³/mol. The molecule has 0 aromatic carbocycles. The van der Waals surface area contributed by atoms with Gasteiger partial charge in [0.1, 0.15) is 6.04 Å². The van der Waals surface area contributed by atoms with Gasteiger partial charge in [0, 0.05) is 5.48 Å². The lowest BCUT2D eigenvalue weighted by atomic mass is 10.4. The molecule has 0 heterocycles. The Kier molecular flexibility index (Phi) is 2.24. The zero-order valence-corrected chi connectivity index (χ0v) is 5.50. The zero-order valence-electron chi connectivity index (χ0n) is 9.50. The fourth-order valence-corrected chi connectivity index (χ4v) is 0.423. The van der Waals surface area contributed by atoms with Gasteiger partial charge >= 0.3 is 5.97 Å². The van der Waals surface area contributed by atoms with Crippen molar-refractivity contribution in [3.8, 4) is 0 Å². The molecule has 4 nitrogen and oxygen atoms in total. The highest BCUT2D eigenvalue weighted by Crippen LogP contribution is 1.96.